The van der Waals surface area contributed by atoms with Crippen molar-refractivity contribution in [1.82, 2.24) is 0 Å². The Morgan fingerprint density at radius 2 is 0.895 bits per heavy atom. The van der Waals surface area contributed by atoms with E-state index >= 15 is 0 Å². The lowest BCUT2D eigenvalue weighted by molar-refractivity contribution is 0.220. The third kappa shape index (κ3) is 12.0. The molecule has 214 valence electrons. The number of aliphatic hydroxyl groups is 1. The van der Waals surface area contributed by atoms with Crippen molar-refractivity contribution in [3.05, 3.63) is 65.2 Å². The number of aliphatic hydroxyl groups excluding tert-OH is 1. The fourth-order valence-electron chi connectivity index (χ4n) is 2.34. The third-order valence-corrected chi connectivity index (χ3v) is 4.01. The van der Waals surface area contributed by atoms with Crippen LogP contribution in [0.5, 0.6) is 5.75 Å². The van der Waals surface area contributed by atoms with Gasteiger partial charge in [-0.25, -0.2) is 0 Å². The first kappa shape index (κ1) is 27.6. The van der Waals surface area contributed by atoms with Crippen LogP contribution in [0, 0.1) is 138 Å². The molecule has 0 fully saturated rings. The van der Waals surface area contributed by atoms with Gasteiger partial charge in [0.05, 0.1) is 0 Å². The van der Waals surface area contributed by atoms with E-state index in [1.807, 2.05) is 31.2 Å². The van der Waals surface area contributed by atoms with Gasteiger partial charge in [0.25, 0.3) is 0 Å². The smallest absolute Gasteiger partial charge is 0.140 e. The number of hydrogen-bond acceptors (Lipinski definition) is 2. The van der Waals surface area contributed by atoms with Crippen LogP contribution in [0.15, 0.2) is 48.5 Å². The molecule has 0 aliphatic rings. The summed E-state index contributed by atoms with van der Waals surface area (Å²) in [5.41, 5.74) is 2.72. The lowest BCUT2D eigenvalue weighted by Crippen LogP contribution is -1.99. The van der Waals surface area contributed by atoms with E-state index in [4.69, 9.17) is 11.2 Å². The van der Waals surface area contributed by atoms with Crippen LogP contribution in [0.25, 0.3) is 0 Å². The fourth-order valence-corrected chi connectivity index (χ4v) is 2.34. The molecule has 2 nitrogen and oxygen atoms in total. The van der Waals surface area contributed by atoms with Crippen LogP contribution in [0.1, 0.15) is 54.2 Å². The zero-order valence-electron chi connectivity index (χ0n) is 20.1. The Bertz CT molecular complexity index is 1910. The van der Waals surface area contributed by atoms with Crippen molar-refractivity contribution in [2.75, 3.05) is 0 Å². The summed E-state index contributed by atoms with van der Waals surface area (Å²) in [4.78, 5) is 0. The molecular weight excluding hydrogens is 464 g/mol. The van der Waals surface area contributed by atoms with E-state index in [2.05, 4.69) is 125 Å². The molecule has 2 aromatic carbocycles. The van der Waals surface area contributed by atoms with Crippen molar-refractivity contribution < 1.29 is 41.2 Å². The first-order valence-electron chi connectivity index (χ1n) is 10.7. The van der Waals surface area contributed by atoms with Gasteiger partial charge in [0.2, 0.25) is 0 Å². The molecule has 2 heteroatoms. The summed E-state index contributed by atoms with van der Waals surface area (Å²) in [7, 11) is 0. The van der Waals surface area contributed by atoms with E-state index in [-0.39, 0.29) is 31.4 Å². The van der Waals surface area contributed by atoms with E-state index in [0.717, 1.165) is 16.7 Å². The minimum absolute atomic E-state index is 0. The number of aryl methyl sites for hydroxylation is 1. The van der Waals surface area contributed by atoms with Crippen molar-refractivity contribution in [3.63, 3.8) is 0 Å². The van der Waals surface area contributed by atoms with E-state index in [0.29, 0.717) is 5.75 Å². The quantitative estimate of drug-likeness (QED) is 0.410. The number of ether oxygens (including phenoxy) is 1. The topological polar surface area (TPSA) is 29.5 Å². The van der Waals surface area contributed by atoms with Crippen LogP contribution in [0.2, 0.25) is 0 Å². The second-order valence-electron chi connectivity index (χ2n) is 6.61. The minimum Gasteiger partial charge on any atom is -0.407 e. The predicted octanol–water partition coefficient (Wildman–Crippen LogP) is 8.49. The summed E-state index contributed by atoms with van der Waals surface area (Å²) in [6, 6.07) is 14.8. The maximum Gasteiger partial charge on any atom is 0.140 e. The molecule has 2 aromatic rings. The first-order valence-corrected chi connectivity index (χ1v) is 10.7. The largest absolute Gasteiger partial charge is 0.407 e. The maximum atomic E-state index is 10.5. The van der Waals surface area contributed by atoms with Gasteiger partial charge in [-0.3, -0.25) is 0 Å². The van der Waals surface area contributed by atoms with Crippen LogP contribution in [-0.2, 0) is 0 Å². The highest BCUT2D eigenvalue weighted by Crippen LogP contribution is 2.24. The summed E-state index contributed by atoms with van der Waals surface area (Å²) in [6.45, 7) is 2.00. The van der Waals surface area contributed by atoms with Crippen LogP contribution < -0.4 is 4.74 Å². The third-order valence-electron chi connectivity index (χ3n) is 4.01. The van der Waals surface area contributed by atoms with Gasteiger partial charge in [-0.2, -0.15) is 0 Å². The zero-order valence-corrected chi connectivity index (χ0v) is 20.1. The highest BCUT2D eigenvalue weighted by atomic mass is 16.5. The normalized spacial score (nSPS) is 7.61. The molecule has 0 heterocycles. The standard InChI is InChI=1S/C36H14O2.22H2/c1-3-4-5-6-7-8-9-10-11-12-13-14-15-16-17-18-19-20-21-22-31-38-35-29-27-34(28-30-35)36(37)33-25-23-32(2)24-26-33;;;;;;;;;;;;;;;;;;;;;;/h1,23-30,36-37H,2H3;22*1H. The predicted molar refractivity (Wildman–Crippen MR) is 195 cm³/mol. The summed E-state index contributed by atoms with van der Waals surface area (Å²) in [6.07, 6.45) is 6.71. The van der Waals surface area contributed by atoms with Crippen molar-refractivity contribution >= 4 is 0 Å². The Hall–Kier alpha value is -6.64. The zero-order chi connectivity index (χ0) is 27.1. The molecule has 0 saturated heterocycles. The lowest BCUT2D eigenvalue weighted by Gasteiger charge is -2.12. The Kier molecular flexibility index (Phi) is 12.9. The molecule has 0 saturated carbocycles. The van der Waals surface area contributed by atoms with Crippen molar-refractivity contribution in [3.8, 4) is 137 Å². The molecule has 1 unspecified atom stereocenters. The molecule has 0 aromatic heterocycles. The molecular formula is C36H58O2. The SMILES string of the molecule is C#CC#CC#CC#CC#CC#CC#CC#CC#CC#CC#COc1ccc(C(O)c2ccc(C)cc2)cc1.[HH].[HH].[HH].[HH].[HH].[HH].[HH].[HH].[HH].[HH].[HH].[HH].[HH].[HH].[HH].[HH].[HH].[HH].[HH].[HH].[HH].[HH]. The molecule has 38 heavy (non-hydrogen) atoms. The number of rotatable bonds is 3. The molecule has 0 spiro atoms. The minimum atomic E-state index is -0.708. The van der Waals surface area contributed by atoms with Crippen molar-refractivity contribution in [2.24, 2.45) is 0 Å². The molecule has 0 aliphatic heterocycles. The van der Waals surface area contributed by atoms with Gasteiger partial charge in [-0.1, -0.05) is 42.0 Å². The first-order chi connectivity index (χ1) is 18.7. The Morgan fingerprint density at radius 1 is 0.553 bits per heavy atom. The van der Waals surface area contributed by atoms with Gasteiger partial charge >= 0.3 is 0 Å². The van der Waals surface area contributed by atoms with E-state index in [9.17, 15) is 5.11 Å². The molecule has 1 N–H and O–H groups in total. The van der Waals surface area contributed by atoms with Crippen molar-refractivity contribution in [2.45, 2.75) is 13.0 Å². The fraction of sp³-hybridized carbons (Fsp3) is 0.0556. The summed E-state index contributed by atoms with van der Waals surface area (Å²) in [5.74, 6) is 50.0. The van der Waals surface area contributed by atoms with Crippen LogP contribution in [0.3, 0.4) is 0 Å². The highest BCUT2D eigenvalue weighted by Gasteiger charge is 2.10. The number of benzene rings is 2. The van der Waals surface area contributed by atoms with Crippen LogP contribution >= 0.6 is 0 Å². The van der Waals surface area contributed by atoms with E-state index < -0.39 is 6.10 Å². The van der Waals surface area contributed by atoms with Crippen molar-refractivity contribution in [1.29, 1.82) is 0 Å². The van der Waals surface area contributed by atoms with Gasteiger partial charge < -0.3 is 9.84 Å². The summed E-state index contributed by atoms with van der Waals surface area (Å²) in [5, 5.41) is 10.5. The molecule has 2 rings (SSSR count). The molecule has 0 bridgehead atoms. The van der Waals surface area contributed by atoms with Gasteiger partial charge in [0.1, 0.15) is 18.0 Å². The van der Waals surface area contributed by atoms with Gasteiger partial charge in [-0.05, 0) is 77.5 Å². The average molecular weight is 523 g/mol. The molecule has 0 amide bonds. The molecule has 1 atom stereocenters. The van der Waals surface area contributed by atoms with Gasteiger partial charge in [0, 0.05) is 102 Å². The number of terminal acetylenes is 1. The Labute approximate surface area is 257 Å². The summed E-state index contributed by atoms with van der Waals surface area (Å²) >= 11 is 0. The van der Waals surface area contributed by atoms with E-state index in [1.165, 1.54) is 0 Å². The summed E-state index contributed by atoms with van der Waals surface area (Å²) < 4.78 is 5.31. The monoisotopic (exact) mass is 522 g/mol. The van der Waals surface area contributed by atoms with Crippen LogP contribution in [0.4, 0.5) is 0 Å². The second kappa shape index (κ2) is 17.8. The maximum absolute atomic E-state index is 10.5. The van der Waals surface area contributed by atoms with E-state index in [1.54, 1.807) is 24.3 Å². The molecule has 0 radical (unpaired) electrons. The Balaban J connectivity index is -0.0000000364. The second-order valence-corrected chi connectivity index (χ2v) is 6.61. The van der Waals surface area contributed by atoms with Gasteiger partial charge in [0.15, 0.2) is 0 Å². The average Bonchev–Trinajstić information content (AvgIpc) is 2.94. The Morgan fingerprint density at radius 3 is 1.29 bits per heavy atom. The number of hydrogen-bond donors (Lipinski definition) is 1. The highest BCUT2D eigenvalue weighted by molar-refractivity contribution is 5.47. The van der Waals surface area contributed by atoms with Crippen LogP contribution in [-0.4, -0.2) is 5.11 Å². The molecule has 0 aliphatic carbocycles. The lowest BCUT2D eigenvalue weighted by atomic mass is 10.0. The van der Waals surface area contributed by atoms with Gasteiger partial charge in [-0.15, -0.1) is 6.42 Å².